The van der Waals surface area contributed by atoms with Crippen LogP contribution in [0.3, 0.4) is 0 Å². The van der Waals surface area contributed by atoms with E-state index in [9.17, 15) is 4.79 Å². The molecule has 0 bridgehead atoms. The zero-order valence-corrected chi connectivity index (χ0v) is 14.6. The van der Waals surface area contributed by atoms with Gasteiger partial charge in [0.15, 0.2) is 0 Å². The van der Waals surface area contributed by atoms with Gasteiger partial charge in [-0.15, -0.1) is 0 Å². The summed E-state index contributed by atoms with van der Waals surface area (Å²) in [5.74, 6) is 1.96. The number of carbonyl (C=O) groups is 1. The van der Waals surface area contributed by atoms with E-state index in [4.69, 9.17) is 0 Å². The molecule has 24 heavy (non-hydrogen) atoms. The van der Waals surface area contributed by atoms with E-state index in [0.717, 1.165) is 29.6 Å². The van der Waals surface area contributed by atoms with E-state index in [-0.39, 0.29) is 5.91 Å². The fourth-order valence-corrected chi connectivity index (χ4v) is 3.50. The van der Waals surface area contributed by atoms with Gasteiger partial charge in [0.05, 0.1) is 5.75 Å². The maximum Gasteiger partial charge on any atom is 0.234 e. The monoisotopic (exact) mass is 342 g/mol. The lowest BCUT2D eigenvalue weighted by atomic mass is 10.0. The number of anilines is 2. The van der Waals surface area contributed by atoms with E-state index in [0.29, 0.717) is 11.7 Å². The highest BCUT2D eigenvalue weighted by Gasteiger charge is 2.18. The summed E-state index contributed by atoms with van der Waals surface area (Å²) in [6.07, 6.45) is 4.07. The van der Waals surface area contributed by atoms with E-state index in [1.54, 1.807) is 6.33 Å². The number of para-hydroxylation sites is 1. The molecule has 2 aromatic rings. The Morgan fingerprint density at radius 2 is 2.17 bits per heavy atom. The number of hydrogen-bond acceptors (Lipinski definition) is 5. The van der Waals surface area contributed by atoms with E-state index in [1.807, 2.05) is 36.4 Å². The molecular weight excluding hydrogens is 320 g/mol. The van der Waals surface area contributed by atoms with Crippen LogP contribution in [0.15, 0.2) is 47.8 Å². The van der Waals surface area contributed by atoms with Gasteiger partial charge in [-0.1, -0.05) is 36.9 Å². The van der Waals surface area contributed by atoms with Gasteiger partial charge in [-0.05, 0) is 30.9 Å². The molecule has 1 aromatic carbocycles. The maximum atomic E-state index is 12.0. The number of thioether (sulfide) groups is 1. The Balaban J connectivity index is 1.55. The number of hydrogen-bond donors (Lipinski definition) is 1. The van der Waals surface area contributed by atoms with E-state index >= 15 is 0 Å². The summed E-state index contributed by atoms with van der Waals surface area (Å²) in [6.45, 7) is 4.35. The summed E-state index contributed by atoms with van der Waals surface area (Å²) < 4.78 is 0. The van der Waals surface area contributed by atoms with Crippen LogP contribution in [-0.4, -0.2) is 34.7 Å². The zero-order valence-electron chi connectivity index (χ0n) is 13.8. The van der Waals surface area contributed by atoms with Crippen LogP contribution in [0.5, 0.6) is 0 Å². The van der Waals surface area contributed by atoms with Crippen molar-refractivity contribution in [3.8, 4) is 0 Å². The van der Waals surface area contributed by atoms with Crippen LogP contribution in [0.4, 0.5) is 11.5 Å². The normalized spacial score (nSPS) is 17.5. The van der Waals surface area contributed by atoms with Crippen LogP contribution in [0.25, 0.3) is 0 Å². The Hall–Kier alpha value is -2.08. The van der Waals surface area contributed by atoms with Gasteiger partial charge >= 0.3 is 0 Å². The highest BCUT2D eigenvalue weighted by molar-refractivity contribution is 7.99. The Morgan fingerprint density at radius 3 is 2.96 bits per heavy atom. The molecule has 3 rings (SSSR count). The van der Waals surface area contributed by atoms with Gasteiger partial charge in [0.25, 0.3) is 0 Å². The van der Waals surface area contributed by atoms with Crippen molar-refractivity contribution in [2.24, 2.45) is 5.92 Å². The van der Waals surface area contributed by atoms with Crippen molar-refractivity contribution < 1.29 is 4.79 Å². The minimum atomic E-state index is -0.0297. The molecule has 1 saturated heterocycles. The molecule has 1 aliphatic heterocycles. The van der Waals surface area contributed by atoms with E-state index in [2.05, 4.69) is 27.1 Å². The highest BCUT2D eigenvalue weighted by atomic mass is 32.2. The first-order chi connectivity index (χ1) is 11.7. The lowest BCUT2D eigenvalue weighted by molar-refractivity contribution is -0.113. The second kappa shape index (κ2) is 8.15. The summed E-state index contributed by atoms with van der Waals surface area (Å²) in [7, 11) is 0. The van der Waals surface area contributed by atoms with Crippen LogP contribution < -0.4 is 10.2 Å². The molecule has 1 aromatic heterocycles. The minimum Gasteiger partial charge on any atom is -0.356 e. The smallest absolute Gasteiger partial charge is 0.234 e. The second-order valence-electron chi connectivity index (χ2n) is 6.11. The molecule has 0 radical (unpaired) electrons. The number of aromatic nitrogens is 2. The highest BCUT2D eigenvalue weighted by Crippen LogP contribution is 2.24. The number of benzene rings is 1. The van der Waals surface area contributed by atoms with Crippen molar-refractivity contribution in [1.82, 2.24) is 9.97 Å². The predicted octanol–water partition coefficient (Wildman–Crippen LogP) is 3.44. The lowest BCUT2D eigenvalue weighted by Gasteiger charge is -2.31. The SMILES string of the molecule is C[C@@H]1CCCN(c2cc(SCC(=O)Nc3ccccc3)ncn2)C1. The molecule has 1 fully saturated rings. The molecule has 0 aliphatic carbocycles. The number of nitrogens with one attached hydrogen (secondary N) is 1. The number of carbonyl (C=O) groups excluding carboxylic acids is 1. The third kappa shape index (κ3) is 4.71. The first kappa shape index (κ1) is 16.8. The Morgan fingerprint density at radius 1 is 1.33 bits per heavy atom. The molecule has 6 heteroatoms. The fourth-order valence-electron chi connectivity index (χ4n) is 2.84. The summed E-state index contributed by atoms with van der Waals surface area (Å²) in [4.78, 5) is 23.0. The summed E-state index contributed by atoms with van der Waals surface area (Å²) in [6, 6.07) is 11.5. The van der Waals surface area contributed by atoms with Crippen molar-refractivity contribution in [2.75, 3.05) is 29.1 Å². The first-order valence-corrected chi connectivity index (χ1v) is 9.24. The molecule has 126 valence electrons. The summed E-state index contributed by atoms with van der Waals surface area (Å²) in [5, 5.41) is 3.72. The number of rotatable bonds is 5. The average molecular weight is 342 g/mol. The molecule has 5 nitrogen and oxygen atoms in total. The summed E-state index contributed by atoms with van der Waals surface area (Å²) >= 11 is 1.44. The molecule has 0 spiro atoms. The van der Waals surface area contributed by atoms with Gasteiger partial charge in [-0.3, -0.25) is 4.79 Å². The molecular formula is C18H22N4OS. The third-order valence-electron chi connectivity index (χ3n) is 4.02. The Kier molecular flexibility index (Phi) is 5.69. The van der Waals surface area contributed by atoms with Crippen LogP contribution in [0.2, 0.25) is 0 Å². The standard InChI is InChI=1S/C18H22N4OS/c1-14-6-5-9-22(11-14)16-10-18(20-13-19-16)24-12-17(23)21-15-7-3-2-4-8-15/h2-4,7-8,10,13-14H,5-6,9,11-12H2,1H3,(H,21,23)/t14-/m1/s1. The largest absolute Gasteiger partial charge is 0.356 e. The van der Waals surface area contributed by atoms with Gasteiger partial charge in [-0.2, -0.15) is 0 Å². The van der Waals surface area contributed by atoms with E-state index in [1.165, 1.54) is 24.6 Å². The Labute approximate surface area is 146 Å². The van der Waals surface area contributed by atoms with Crippen LogP contribution in [0.1, 0.15) is 19.8 Å². The van der Waals surface area contributed by atoms with Gasteiger partial charge in [0, 0.05) is 24.8 Å². The number of amides is 1. The molecule has 1 atom stereocenters. The molecule has 2 heterocycles. The zero-order chi connectivity index (χ0) is 16.8. The van der Waals surface area contributed by atoms with Crippen LogP contribution in [0, 0.1) is 5.92 Å². The number of nitrogens with zero attached hydrogens (tertiary/aromatic N) is 3. The molecule has 1 aliphatic rings. The quantitative estimate of drug-likeness (QED) is 0.666. The van der Waals surface area contributed by atoms with Crippen molar-refractivity contribution in [3.63, 3.8) is 0 Å². The van der Waals surface area contributed by atoms with Crippen LogP contribution >= 0.6 is 11.8 Å². The molecule has 1 N–H and O–H groups in total. The van der Waals surface area contributed by atoms with Crippen LogP contribution in [-0.2, 0) is 4.79 Å². The van der Waals surface area contributed by atoms with Gasteiger partial charge in [0.2, 0.25) is 5.91 Å². The molecule has 0 saturated carbocycles. The van der Waals surface area contributed by atoms with Crippen molar-refractivity contribution in [2.45, 2.75) is 24.8 Å². The van der Waals surface area contributed by atoms with Crippen molar-refractivity contribution >= 4 is 29.2 Å². The van der Waals surface area contributed by atoms with Crippen molar-refractivity contribution in [3.05, 3.63) is 42.7 Å². The maximum absolute atomic E-state index is 12.0. The van der Waals surface area contributed by atoms with Gasteiger partial charge < -0.3 is 10.2 Å². The second-order valence-corrected chi connectivity index (χ2v) is 7.11. The third-order valence-corrected chi connectivity index (χ3v) is 4.94. The molecule has 0 unspecified atom stereocenters. The predicted molar refractivity (Wildman–Crippen MR) is 98.4 cm³/mol. The number of piperidine rings is 1. The van der Waals surface area contributed by atoms with E-state index < -0.39 is 0 Å². The van der Waals surface area contributed by atoms with Crippen molar-refractivity contribution in [1.29, 1.82) is 0 Å². The molecule has 1 amide bonds. The first-order valence-electron chi connectivity index (χ1n) is 8.25. The summed E-state index contributed by atoms with van der Waals surface area (Å²) in [5.41, 5.74) is 0.814. The topological polar surface area (TPSA) is 58.1 Å². The lowest BCUT2D eigenvalue weighted by Crippen LogP contribution is -2.34. The Bertz CT molecular complexity index is 680. The van der Waals surface area contributed by atoms with Gasteiger partial charge in [-0.25, -0.2) is 9.97 Å². The minimum absolute atomic E-state index is 0.0297. The van der Waals surface area contributed by atoms with Gasteiger partial charge in [0.1, 0.15) is 17.2 Å². The fraction of sp³-hybridized carbons (Fsp3) is 0.389. The average Bonchev–Trinajstić information content (AvgIpc) is 2.61.